The number of rotatable bonds is 6. The number of imide groups is 2. The number of benzene rings is 2. The lowest BCUT2D eigenvalue weighted by molar-refractivity contribution is -0.125. The Bertz CT molecular complexity index is 1450. The van der Waals surface area contributed by atoms with E-state index in [-0.39, 0.29) is 52.4 Å². The molecule has 5 N–H and O–H groups in total. The first-order valence-electron chi connectivity index (χ1n) is 11.7. The first kappa shape index (κ1) is 24.8. The second-order valence-electron chi connectivity index (χ2n) is 9.06. The predicted molar refractivity (Wildman–Crippen MR) is 129 cm³/mol. The predicted octanol–water partition coefficient (Wildman–Crippen LogP) is -1.59. The third-order valence-corrected chi connectivity index (χ3v) is 6.60. The fraction of sp³-hybridized carbons (Fsp3) is 0.240. The van der Waals surface area contributed by atoms with E-state index < -0.39 is 47.5 Å². The van der Waals surface area contributed by atoms with Gasteiger partial charge in [-0.3, -0.25) is 43.8 Å². The van der Waals surface area contributed by atoms with Crippen LogP contribution in [0.2, 0.25) is 0 Å². The van der Waals surface area contributed by atoms with Crippen molar-refractivity contribution in [1.29, 1.82) is 0 Å². The molecule has 0 saturated carbocycles. The summed E-state index contributed by atoms with van der Waals surface area (Å²) < 4.78 is 0. The van der Waals surface area contributed by atoms with Crippen molar-refractivity contribution >= 4 is 41.4 Å². The quantitative estimate of drug-likeness (QED) is 0.284. The van der Waals surface area contributed by atoms with E-state index in [9.17, 15) is 33.6 Å². The number of hydrogen-bond acceptors (Lipinski definition) is 8. The molecule has 2 unspecified atom stereocenters. The van der Waals surface area contributed by atoms with Crippen molar-refractivity contribution in [3.8, 4) is 0 Å². The molecule has 1 fully saturated rings. The van der Waals surface area contributed by atoms with Crippen molar-refractivity contribution < 1.29 is 33.6 Å². The van der Waals surface area contributed by atoms with E-state index in [0.29, 0.717) is 6.54 Å². The highest BCUT2D eigenvalue weighted by atomic mass is 16.2. The lowest BCUT2D eigenvalue weighted by Crippen LogP contribution is -2.63. The molecular formula is C25H22N6O7. The van der Waals surface area contributed by atoms with Gasteiger partial charge in [-0.1, -0.05) is 0 Å². The average molecular weight is 518 g/mol. The van der Waals surface area contributed by atoms with Gasteiger partial charge in [0.1, 0.15) is 6.04 Å². The van der Waals surface area contributed by atoms with Gasteiger partial charge in [0.05, 0.1) is 28.3 Å². The maximum absolute atomic E-state index is 12.6. The van der Waals surface area contributed by atoms with Crippen molar-refractivity contribution in [3.05, 3.63) is 69.8 Å². The van der Waals surface area contributed by atoms with Crippen molar-refractivity contribution in [2.45, 2.75) is 12.1 Å². The zero-order valence-corrected chi connectivity index (χ0v) is 20.0. The molecule has 13 heteroatoms. The van der Waals surface area contributed by atoms with Gasteiger partial charge in [-0.2, -0.15) is 0 Å². The second-order valence-corrected chi connectivity index (χ2v) is 9.06. The lowest BCUT2D eigenvalue weighted by Gasteiger charge is -2.30. The number of amides is 7. The minimum Gasteiger partial charge on any atom is -0.350 e. The van der Waals surface area contributed by atoms with Crippen molar-refractivity contribution in [1.82, 2.24) is 31.5 Å². The molecule has 7 amide bonds. The van der Waals surface area contributed by atoms with Crippen LogP contribution in [0, 0.1) is 0 Å². The third-order valence-electron chi connectivity index (χ3n) is 6.60. The van der Waals surface area contributed by atoms with Gasteiger partial charge in [0.25, 0.3) is 35.4 Å². The summed E-state index contributed by atoms with van der Waals surface area (Å²) in [6, 6.07) is 7.27. The SMILES string of the molecule is CN1C(=O)c2ccc(C(=O)NCC3CNC(CNC(=O)c4ccc5c(c4)C(=O)NC5=O)C(=O)N3)cc2C1=O. The Hall–Kier alpha value is -4.91. The van der Waals surface area contributed by atoms with Gasteiger partial charge >= 0.3 is 0 Å². The zero-order valence-electron chi connectivity index (χ0n) is 20.0. The van der Waals surface area contributed by atoms with Gasteiger partial charge in [0, 0.05) is 37.8 Å². The molecule has 0 spiro atoms. The number of nitrogens with zero attached hydrogens (tertiary/aromatic N) is 1. The molecule has 2 atom stereocenters. The van der Waals surface area contributed by atoms with Crippen LogP contribution in [0.1, 0.15) is 62.1 Å². The largest absolute Gasteiger partial charge is 0.350 e. The normalized spacial score (nSPS) is 20.0. The Morgan fingerprint density at radius 1 is 0.816 bits per heavy atom. The maximum atomic E-state index is 12.6. The fourth-order valence-electron chi connectivity index (χ4n) is 4.44. The van der Waals surface area contributed by atoms with Crippen LogP contribution in [0.3, 0.4) is 0 Å². The smallest absolute Gasteiger partial charge is 0.261 e. The highest BCUT2D eigenvalue weighted by molar-refractivity contribution is 6.22. The summed E-state index contributed by atoms with van der Waals surface area (Å²) in [6.45, 7) is 0.397. The Morgan fingerprint density at radius 3 is 2.08 bits per heavy atom. The minimum atomic E-state index is -0.720. The van der Waals surface area contributed by atoms with E-state index in [1.807, 2.05) is 0 Å². The summed E-state index contributed by atoms with van der Waals surface area (Å²) in [5, 5.41) is 13.3. The highest BCUT2D eigenvalue weighted by Gasteiger charge is 2.34. The molecule has 3 aliphatic rings. The Morgan fingerprint density at radius 2 is 1.39 bits per heavy atom. The molecule has 5 rings (SSSR count). The van der Waals surface area contributed by atoms with Gasteiger partial charge in [0.15, 0.2) is 0 Å². The number of hydrogen-bond donors (Lipinski definition) is 5. The molecule has 3 aliphatic heterocycles. The molecule has 0 aromatic heterocycles. The van der Waals surface area contributed by atoms with Gasteiger partial charge in [-0.05, 0) is 36.4 Å². The van der Waals surface area contributed by atoms with Crippen LogP contribution in [0.25, 0.3) is 0 Å². The molecule has 1 saturated heterocycles. The van der Waals surface area contributed by atoms with Gasteiger partial charge in [-0.25, -0.2) is 0 Å². The second kappa shape index (κ2) is 9.52. The van der Waals surface area contributed by atoms with Crippen LogP contribution < -0.4 is 26.6 Å². The first-order valence-corrected chi connectivity index (χ1v) is 11.7. The number of carbonyl (C=O) groups excluding carboxylic acids is 7. The Labute approximate surface area is 215 Å². The minimum absolute atomic E-state index is 0.0255. The Kier molecular flexibility index (Phi) is 6.20. The topological polar surface area (TPSA) is 183 Å². The van der Waals surface area contributed by atoms with E-state index in [1.54, 1.807) is 0 Å². The van der Waals surface area contributed by atoms with E-state index in [4.69, 9.17) is 0 Å². The standard InChI is InChI=1S/C25H22N6O7/c1-31-24(37)15-5-3-12(7-17(15)25(31)38)19(32)27-9-13-8-26-18(23(36)29-13)10-28-20(33)11-2-4-14-16(6-11)22(35)30-21(14)34/h2-7,13,18,26H,8-10H2,1H3,(H,27,32)(H,28,33)(H,29,36)(H,30,34,35). The number of piperazine rings is 1. The maximum Gasteiger partial charge on any atom is 0.261 e. The summed E-state index contributed by atoms with van der Waals surface area (Å²) >= 11 is 0. The Balaban J connectivity index is 1.10. The average Bonchev–Trinajstić information content (AvgIpc) is 3.32. The van der Waals surface area contributed by atoms with E-state index in [1.165, 1.54) is 43.4 Å². The first-order chi connectivity index (χ1) is 18.1. The van der Waals surface area contributed by atoms with Crippen LogP contribution in [0.4, 0.5) is 0 Å². The molecule has 3 heterocycles. The summed E-state index contributed by atoms with van der Waals surface area (Å²) in [5.74, 6) is -3.33. The van der Waals surface area contributed by atoms with Crippen LogP contribution in [0.15, 0.2) is 36.4 Å². The molecule has 13 nitrogen and oxygen atoms in total. The van der Waals surface area contributed by atoms with E-state index in [2.05, 4.69) is 26.6 Å². The molecule has 0 radical (unpaired) electrons. The zero-order chi connectivity index (χ0) is 27.1. The van der Waals surface area contributed by atoms with Gasteiger partial charge in [-0.15, -0.1) is 0 Å². The van der Waals surface area contributed by atoms with Crippen LogP contribution in [-0.4, -0.2) is 85.0 Å². The molecule has 0 bridgehead atoms. The molecule has 2 aromatic carbocycles. The third kappa shape index (κ3) is 4.39. The summed E-state index contributed by atoms with van der Waals surface area (Å²) in [5.41, 5.74) is 1.12. The van der Waals surface area contributed by atoms with Crippen molar-refractivity contribution in [2.24, 2.45) is 0 Å². The summed E-state index contributed by atoms with van der Waals surface area (Å²) in [4.78, 5) is 86.2. The number of carbonyl (C=O) groups is 7. The fourth-order valence-corrected chi connectivity index (χ4v) is 4.44. The van der Waals surface area contributed by atoms with Crippen molar-refractivity contribution in [2.75, 3.05) is 26.7 Å². The van der Waals surface area contributed by atoms with E-state index >= 15 is 0 Å². The van der Waals surface area contributed by atoms with Gasteiger partial charge in [0.2, 0.25) is 5.91 Å². The van der Waals surface area contributed by atoms with Crippen LogP contribution >= 0.6 is 0 Å². The highest BCUT2D eigenvalue weighted by Crippen LogP contribution is 2.22. The monoisotopic (exact) mass is 518 g/mol. The molecular weight excluding hydrogens is 496 g/mol. The molecule has 2 aromatic rings. The molecule has 38 heavy (non-hydrogen) atoms. The summed E-state index contributed by atoms with van der Waals surface area (Å²) in [7, 11) is 1.37. The number of fused-ring (bicyclic) bond motifs is 2. The van der Waals surface area contributed by atoms with Gasteiger partial charge < -0.3 is 21.3 Å². The van der Waals surface area contributed by atoms with Crippen LogP contribution in [0.5, 0.6) is 0 Å². The molecule has 0 aliphatic carbocycles. The number of nitrogens with one attached hydrogen (secondary N) is 5. The lowest BCUT2D eigenvalue weighted by atomic mass is 10.0. The molecule has 194 valence electrons. The van der Waals surface area contributed by atoms with E-state index in [0.717, 1.165) is 4.90 Å². The van der Waals surface area contributed by atoms with Crippen LogP contribution in [-0.2, 0) is 4.79 Å². The summed E-state index contributed by atoms with van der Waals surface area (Å²) in [6.07, 6.45) is 0. The van der Waals surface area contributed by atoms with Crippen molar-refractivity contribution in [3.63, 3.8) is 0 Å².